The van der Waals surface area contributed by atoms with E-state index in [1.165, 1.54) is 4.88 Å². The molecule has 2 aliphatic rings. The van der Waals surface area contributed by atoms with Crippen LogP contribution in [-0.2, 0) is 16.1 Å². The van der Waals surface area contributed by atoms with Crippen molar-refractivity contribution in [2.75, 3.05) is 69.7 Å². The van der Waals surface area contributed by atoms with E-state index >= 15 is 0 Å². The van der Waals surface area contributed by atoms with E-state index in [-0.39, 0.29) is 5.95 Å². The van der Waals surface area contributed by atoms with Gasteiger partial charge in [-0.2, -0.15) is 0 Å². The average molecular weight is 485 g/mol. The summed E-state index contributed by atoms with van der Waals surface area (Å²) in [7, 11) is 0. The Labute approximate surface area is 201 Å². The Morgan fingerprint density at radius 2 is 1.79 bits per heavy atom. The van der Waals surface area contributed by atoms with E-state index < -0.39 is 6.10 Å². The van der Waals surface area contributed by atoms with Crippen molar-refractivity contribution in [3.63, 3.8) is 0 Å². The first-order valence-electron chi connectivity index (χ1n) is 11.4. The molecule has 0 spiro atoms. The largest absolute Gasteiger partial charge is 0.384 e. The molecule has 2 saturated heterocycles. The van der Waals surface area contributed by atoms with Gasteiger partial charge in [-0.1, -0.05) is 0 Å². The Balaban J connectivity index is 1.39. The summed E-state index contributed by atoms with van der Waals surface area (Å²) in [4.78, 5) is 36.7. The maximum atomic E-state index is 10.7. The van der Waals surface area contributed by atoms with Crippen LogP contribution in [-0.4, -0.2) is 106 Å². The summed E-state index contributed by atoms with van der Waals surface area (Å²) in [5.74, 6) is 1.72. The predicted molar refractivity (Wildman–Crippen MR) is 130 cm³/mol. The first-order chi connectivity index (χ1) is 16.6. The van der Waals surface area contributed by atoms with Gasteiger partial charge >= 0.3 is 0 Å². The Kier molecular flexibility index (Phi) is 6.92. The van der Waals surface area contributed by atoms with Gasteiger partial charge in [0, 0.05) is 69.6 Å². The van der Waals surface area contributed by atoms with Crippen molar-refractivity contribution in [1.29, 1.82) is 0 Å². The van der Waals surface area contributed by atoms with E-state index in [4.69, 9.17) is 20.4 Å². The van der Waals surface area contributed by atoms with E-state index in [2.05, 4.69) is 30.7 Å². The number of ether oxygens (including phenoxy) is 1. The minimum absolute atomic E-state index is 0.219. The molecule has 12 heteroatoms. The zero-order chi connectivity index (χ0) is 23.5. The van der Waals surface area contributed by atoms with Crippen LogP contribution >= 0.6 is 11.3 Å². The molecule has 0 unspecified atom stereocenters. The average Bonchev–Trinajstić information content (AvgIpc) is 3.28. The molecular weight excluding hydrogens is 456 g/mol. The van der Waals surface area contributed by atoms with Crippen LogP contribution in [0.1, 0.15) is 4.88 Å². The summed E-state index contributed by atoms with van der Waals surface area (Å²) in [6, 6.07) is 2.15. The van der Waals surface area contributed by atoms with Gasteiger partial charge in [-0.05, 0) is 6.07 Å². The van der Waals surface area contributed by atoms with Crippen molar-refractivity contribution in [2.24, 2.45) is 0 Å². The predicted octanol–water partition coefficient (Wildman–Crippen LogP) is 0.245. The lowest BCUT2D eigenvalue weighted by Gasteiger charge is -2.34. The van der Waals surface area contributed by atoms with Crippen molar-refractivity contribution >= 4 is 39.6 Å². The van der Waals surface area contributed by atoms with Crippen LogP contribution < -0.4 is 10.6 Å². The highest BCUT2D eigenvalue weighted by Gasteiger charge is 2.23. The molecule has 0 saturated carbocycles. The number of β-amino-alcohol motifs (C(OH)–C–C–N with tert-alkyl or cyclic N) is 1. The molecule has 11 nitrogen and oxygen atoms in total. The van der Waals surface area contributed by atoms with Crippen LogP contribution in [0.3, 0.4) is 0 Å². The van der Waals surface area contributed by atoms with Crippen molar-refractivity contribution < 1.29 is 14.6 Å². The molecule has 5 rings (SSSR count). The maximum Gasteiger partial charge on any atom is 0.219 e. The third-order valence-electron chi connectivity index (χ3n) is 6.09. The Morgan fingerprint density at radius 3 is 2.50 bits per heavy atom. The number of piperazine rings is 1. The van der Waals surface area contributed by atoms with Crippen molar-refractivity contribution in [1.82, 2.24) is 29.7 Å². The van der Waals surface area contributed by atoms with E-state index in [0.717, 1.165) is 67.4 Å². The zero-order valence-corrected chi connectivity index (χ0v) is 19.7. The number of hydrogen-bond acceptors (Lipinski definition) is 12. The lowest BCUT2D eigenvalue weighted by atomic mass is 10.2. The lowest BCUT2D eigenvalue weighted by Crippen LogP contribution is -2.48. The standard InChI is InChI=1S/C22H28N8O3S/c23-22-24-10-15(11-25-22)20-26-18-9-17(13-29-3-1-28(2-4-29)12-16(32)14-31)34-19(18)21(27-20)30-5-7-33-8-6-30/h9-11,14,16,32H,1-8,12-13H2,(H2,23,24,25)/t16-/m1/s1. The third kappa shape index (κ3) is 5.15. The number of hydrogen-bond donors (Lipinski definition) is 2. The number of aliphatic hydroxyl groups is 1. The zero-order valence-electron chi connectivity index (χ0n) is 18.8. The number of carbonyl (C=O) groups excluding carboxylic acids is 1. The number of aldehydes is 1. The monoisotopic (exact) mass is 484 g/mol. The van der Waals surface area contributed by atoms with Gasteiger partial charge in [0.2, 0.25) is 5.95 Å². The quantitative estimate of drug-likeness (QED) is 0.447. The summed E-state index contributed by atoms with van der Waals surface area (Å²) in [6.45, 7) is 7.57. The molecule has 34 heavy (non-hydrogen) atoms. The molecule has 1 atom stereocenters. The van der Waals surface area contributed by atoms with Crippen LogP contribution in [0, 0.1) is 0 Å². The van der Waals surface area contributed by atoms with Crippen LogP contribution in [0.25, 0.3) is 21.6 Å². The maximum absolute atomic E-state index is 10.7. The highest BCUT2D eigenvalue weighted by atomic mass is 32.1. The van der Waals surface area contributed by atoms with Gasteiger partial charge in [-0.3, -0.25) is 9.80 Å². The fourth-order valence-corrected chi connectivity index (χ4v) is 5.43. The van der Waals surface area contributed by atoms with Gasteiger partial charge < -0.3 is 25.3 Å². The molecule has 2 fully saturated rings. The number of nitrogen functional groups attached to an aromatic ring is 1. The summed E-state index contributed by atoms with van der Waals surface area (Å²) in [6.07, 6.45) is 3.00. The van der Waals surface area contributed by atoms with Crippen molar-refractivity contribution in [3.8, 4) is 11.4 Å². The molecule has 0 amide bonds. The van der Waals surface area contributed by atoms with E-state index in [9.17, 15) is 9.90 Å². The molecule has 0 aliphatic carbocycles. The number of nitrogens with two attached hydrogens (primary N) is 1. The van der Waals surface area contributed by atoms with Crippen LogP contribution in [0.15, 0.2) is 18.5 Å². The van der Waals surface area contributed by atoms with Crippen LogP contribution in [0.2, 0.25) is 0 Å². The van der Waals surface area contributed by atoms with Gasteiger partial charge in [-0.25, -0.2) is 19.9 Å². The molecule has 3 N–H and O–H groups in total. The van der Waals surface area contributed by atoms with E-state index in [1.807, 2.05) is 0 Å². The van der Waals surface area contributed by atoms with E-state index in [1.54, 1.807) is 23.7 Å². The molecule has 0 aromatic carbocycles. The van der Waals surface area contributed by atoms with Crippen LogP contribution in [0.4, 0.5) is 11.8 Å². The fourth-order valence-electron chi connectivity index (χ4n) is 4.27. The van der Waals surface area contributed by atoms with E-state index in [0.29, 0.717) is 31.9 Å². The Morgan fingerprint density at radius 1 is 1.09 bits per heavy atom. The number of nitrogens with zero attached hydrogens (tertiary/aromatic N) is 7. The number of aromatic nitrogens is 4. The first-order valence-corrected chi connectivity index (χ1v) is 12.2. The van der Waals surface area contributed by atoms with Gasteiger partial charge in [0.25, 0.3) is 0 Å². The second kappa shape index (κ2) is 10.2. The number of aliphatic hydroxyl groups excluding tert-OH is 1. The minimum atomic E-state index is -0.910. The lowest BCUT2D eigenvalue weighted by molar-refractivity contribution is -0.115. The SMILES string of the molecule is Nc1ncc(-c2nc(N3CCOCC3)c3sc(CN4CCN(C[C@@H](O)C=O)CC4)cc3n2)cn1. The Bertz CT molecular complexity index is 1130. The molecular formula is C22H28N8O3S. The third-order valence-corrected chi connectivity index (χ3v) is 7.20. The minimum Gasteiger partial charge on any atom is -0.384 e. The first kappa shape index (κ1) is 23.0. The fraction of sp³-hybridized carbons (Fsp3) is 0.500. The molecule has 0 radical (unpaired) electrons. The van der Waals surface area contributed by atoms with Gasteiger partial charge in [0.15, 0.2) is 11.6 Å². The second-order valence-electron chi connectivity index (χ2n) is 8.51. The molecule has 2 aliphatic heterocycles. The van der Waals surface area contributed by atoms with Crippen molar-refractivity contribution in [3.05, 3.63) is 23.3 Å². The summed E-state index contributed by atoms with van der Waals surface area (Å²) < 4.78 is 6.62. The number of thiophene rings is 1. The van der Waals surface area contributed by atoms with Gasteiger partial charge in [0.1, 0.15) is 12.4 Å². The molecule has 3 aromatic heterocycles. The van der Waals surface area contributed by atoms with Crippen molar-refractivity contribution in [2.45, 2.75) is 12.6 Å². The molecule has 0 bridgehead atoms. The number of fused-ring (bicyclic) bond motifs is 1. The summed E-state index contributed by atoms with van der Waals surface area (Å²) in [5, 5.41) is 9.58. The highest BCUT2D eigenvalue weighted by Crippen LogP contribution is 2.35. The van der Waals surface area contributed by atoms with Gasteiger partial charge in [0.05, 0.1) is 29.0 Å². The number of morpholine rings is 1. The number of carbonyl (C=O) groups is 1. The molecule has 5 heterocycles. The highest BCUT2D eigenvalue weighted by molar-refractivity contribution is 7.19. The van der Waals surface area contributed by atoms with Gasteiger partial charge in [-0.15, -0.1) is 11.3 Å². The summed E-state index contributed by atoms with van der Waals surface area (Å²) in [5.41, 5.74) is 7.30. The Hall–Kier alpha value is -2.77. The molecule has 3 aromatic rings. The molecule has 180 valence electrons. The second-order valence-corrected chi connectivity index (χ2v) is 9.64. The normalized spacial score (nSPS) is 18.9. The van der Waals surface area contributed by atoms with Crippen LogP contribution in [0.5, 0.6) is 0 Å². The topological polar surface area (TPSA) is 134 Å². The number of rotatable bonds is 7. The summed E-state index contributed by atoms with van der Waals surface area (Å²) >= 11 is 1.73. The number of anilines is 2. The smallest absolute Gasteiger partial charge is 0.219 e.